The number of benzene rings is 10. The lowest BCUT2D eigenvalue weighted by Crippen LogP contribution is -2.13. The van der Waals surface area contributed by atoms with Gasteiger partial charge in [-0.15, -0.1) is 0 Å². The molecule has 2 heteroatoms. The van der Waals surface area contributed by atoms with Gasteiger partial charge >= 0.3 is 0 Å². The summed E-state index contributed by atoms with van der Waals surface area (Å²) in [5.41, 5.74) is 16.9. The zero-order valence-electron chi connectivity index (χ0n) is 34.2. The molecular formula is C60H42N2. The summed E-state index contributed by atoms with van der Waals surface area (Å²) in [5.74, 6) is 0. The van der Waals surface area contributed by atoms with Gasteiger partial charge in [0, 0.05) is 33.4 Å². The van der Waals surface area contributed by atoms with Crippen LogP contribution >= 0.6 is 0 Å². The molecule has 62 heavy (non-hydrogen) atoms. The highest BCUT2D eigenvalue weighted by atomic mass is 15.1. The molecule has 0 radical (unpaired) electrons. The normalized spacial score (nSPS) is 12.3. The molecule has 1 aliphatic rings. The van der Waals surface area contributed by atoms with Crippen LogP contribution in [-0.4, -0.2) is 4.57 Å². The van der Waals surface area contributed by atoms with Crippen molar-refractivity contribution in [3.63, 3.8) is 0 Å². The predicted octanol–water partition coefficient (Wildman–Crippen LogP) is 16.5. The Morgan fingerprint density at radius 1 is 0.403 bits per heavy atom. The van der Waals surface area contributed by atoms with E-state index in [0.29, 0.717) is 0 Å². The molecule has 0 fully saturated rings. The molecule has 0 spiro atoms. The Morgan fingerprint density at radius 3 is 1.87 bits per heavy atom. The van der Waals surface area contributed by atoms with Gasteiger partial charge in [0.15, 0.2) is 0 Å². The fourth-order valence-corrected chi connectivity index (χ4v) is 9.97. The molecule has 0 saturated carbocycles. The molecule has 0 N–H and O–H groups in total. The molecule has 0 aliphatic heterocycles. The van der Waals surface area contributed by atoms with Gasteiger partial charge in [0.2, 0.25) is 0 Å². The number of aryl methyl sites for hydroxylation is 1. The van der Waals surface area contributed by atoms with Crippen molar-refractivity contribution in [2.24, 2.45) is 0 Å². The zero-order chi connectivity index (χ0) is 41.0. The van der Waals surface area contributed by atoms with E-state index in [2.05, 4.69) is 240 Å². The van der Waals surface area contributed by atoms with Gasteiger partial charge in [-0.05, 0) is 134 Å². The lowest BCUT2D eigenvalue weighted by molar-refractivity contribution is 0.995. The third-order valence-electron chi connectivity index (χ3n) is 12.8. The van der Waals surface area contributed by atoms with Crippen LogP contribution < -0.4 is 4.90 Å². The van der Waals surface area contributed by atoms with Crippen molar-refractivity contribution in [1.82, 2.24) is 4.57 Å². The van der Waals surface area contributed by atoms with Crippen molar-refractivity contribution >= 4 is 66.5 Å². The van der Waals surface area contributed by atoms with Crippen LogP contribution in [0.3, 0.4) is 0 Å². The van der Waals surface area contributed by atoms with Crippen LogP contribution in [0.4, 0.5) is 17.1 Å². The summed E-state index contributed by atoms with van der Waals surface area (Å²) in [6.07, 6.45) is 6.75. The van der Waals surface area contributed by atoms with E-state index in [9.17, 15) is 0 Å². The van der Waals surface area contributed by atoms with Crippen molar-refractivity contribution in [2.75, 3.05) is 4.90 Å². The predicted molar refractivity (Wildman–Crippen MR) is 264 cm³/mol. The Balaban J connectivity index is 1.06. The van der Waals surface area contributed by atoms with E-state index in [1.807, 2.05) is 0 Å². The van der Waals surface area contributed by atoms with Crippen LogP contribution in [-0.2, 0) is 6.42 Å². The first kappa shape index (κ1) is 36.0. The van der Waals surface area contributed by atoms with E-state index in [1.54, 1.807) is 0 Å². The Kier molecular flexibility index (Phi) is 8.67. The number of nitrogens with zero attached hydrogens (tertiary/aromatic N) is 2. The lowest BCUT2D eigenvalue weighted by Gasteiger charge is -2.30. The van der Waals surface area contributed by atoms with Gasteiger partial charge in [0.05, 0.1) is 16.7 Å². The Bertz CT molecular complexity index is 3500. The minimum absolute atomic E-state index is 1.02. The second-order valence-corrected chi connectivity index (χ2v) is 16.4. The molecule has 0 unspecified atom stereocenters. The largest absolute Gasteiger partial charge is 0.310 e. The van der Waals surface area contributed by atoms with Gasteiger partial charge in [0.25, 0.3) is 0 Å². The number of hydrogen-bond acceptors (Lipinski definition) is 1. The molecule has 1 aliphatic carbocycles. The van der Waals surface area contributed by atoms with E-state index in [1.165, 1.54) is 93.5 Å². The second-order valence-electron chi connectivity index (χ2n) is 16.4. The first-order valence-electron chi connectivity index (χ1n) is 21.6. The van der Waals surface area contributed by atoms with Gasteiger partial charge in [-0.3, -0.25) is 0 Å². The number of para-hydroxylation sites is 1. The Labute approximate surface area is 361 Å². The van der Waals surface area contributed by atoms with Crippen molar-refractivity contribution in [2.45, 2.75) is 12.8 Å². The minimum atomic E-state index is 1.02. The molecule has 292 valence electrons. The molecule has 1 aromatic heterocycles. The second kappa shape index (κ2) is 15.0. The molecule has 2 nitrogen and oxygen atoms in total. The van der Waals surface area contributed by atoms with Crippen LogP contribution in [0, 0.1) is 0 Å². The minimum Gasteiger partial charge on any atom is -0.310 e. The number of anilines is 3. The summed E-state index contributed by atoms with van der Waals surface area (Å²) in [5, 5.41) is 7.65. The van der Waals surface area contributed by atoms with Crippen molar-refractivity contribution in [1.29, 1.82) is 0 Å². The number of aromatic nitrogens is 1. The third-order valence-corrected chi connectivity index (χ3v) is 12.8. The number of fused-ring (bicyclic) bond motifs is 8. The maximum Gasteiger partial charge on any atom is 0.0547 e. The summed E-state index contributed by atoms with van der Waals surface area (Å²) in [7, 11) is 0. The molecule has 0 bridgehead atoms. The number of rotatable bonds is 7. The fraction of sp³-hybridized carbons (Fsp3) is 0.0333. The van der Waals surface area contributed by atoms with E-state index in [4.69, 9.17) is 0 Å². The SMILES string of the molecule is C1=Cc2c(N(c3ccc(-c4cccc(-c5ccccc5)c4)cc3)c3cccc(-c4cccc5c4c4c6ccccc6ccc4n5-c4ccccc4)c3)cc3ccccc3c2CC1. The first-order valence-corrected chi connectivity index (χ1v) is 21.6. The van der Waals surface area contributed by atoms with Crippen LogP contribution in [0.15, 0.2) is 224 Å². The van der Waals surface area contributed by atoms with Crippen molar-refractivity contribution < 1.29 is 0 Å². The maximum absolute atomic E-state index is 2.48. The average Bonchev–Trinajstić information content (AvgIpc) is 3.70. The van der Waals surface area contributed by atoms with Gasteiger partial charge in [0.1, 0.15) is 0 Å². The highest BCUT2D eigenvalue weighted by Gasteiger charge is 2.23. The number of hydrogen-bond donors (Lipinski definition) is 0. The fourth-order valence-electron chi connectivity index (χ4n) is 9.97. The standard InChI is InChI=1S/C60H42N2/c1-3-16-41(17-4-1)44-20-13-21-45(38-44)42-32-35-49(36-33-42)61(58-40-47-19-8-9-26-51(47)54-28-11-12-29-55(54)58)50-25-14-22-46(39-50)53-30-15-31-56-60(53)59-52-27-10-7-18-43(52)34-37-57(59)62(56)48-23-5-2-6-24-48/h1-10,12-27,29-40H,11,28H2. The molecule has 0 amide bonds. The Morgan fingerprint density at radius 2 is 1.05 bits per heavy atom. The molecule has 12 rings (SSSR count). The summed E-state index contributed by atoms with van der Waals surface area (Å²) in [6.45, 7) is 0. The molecule has 11 aromatic rings. The quantitative estimate of drug-likeness (QED) is 0.156. The summed E-state index contributed by atoms with van der Waals surface area (Å²) < 4.78 is 2.43. The lowest BCUT2D eigenvalue weighted by atomic mass is 9.89. The smallest absolute Gasteiger partial charge is 0.0547 e. The summed E-state index contributed by atoms with van der Waals surface area (Å²) in [4.78, 5) is 2.48. The van der Waals surface area contributed by atoms with Crippen molar-refractivity contribution in [3.05, 3.63) is 236 Å². The molecule has 10 aromatic carbocycles. The summed E-state index contributed by atoms with van der Waals surface area (Å²) in [6, 6.07) is 80.1. The highest BCUT2D eigenvalue weighted by Crippen LogP contribution is 2.46. The highest BCUT2D eigenvalue weighted by molar-refractivity contribution is 6.25. The molecule has 0 saturated heterocycles. The average molecular weight is 791 g/mol. The molecule has 0 atom stereocenters. The van der Waals surface area contributed by atoms with Crippen LogP contribution in [0.5, 0.6) is 0 Å². The van der Waals surface area contributed by atoms with Crippen LogP contribution in [0.1, 0.15) is 17.5 Å². The number of allylic oxidation sites excluding steroid dienone is 1. The van der Waals surface area contributed by atoms with Crippen LogP contribution in [0.25, 0.3) is 88.5 Å². The third kappa shape index (κ3) is 6.03. The van der Waals surface area contributed by atoms with E-state index >= 15 is 0 Å². The maximum atomic E-state index is 2.48. The van der Waals surface area contributed by atoms with E-state index in [-0.39, 0.29) is 0 Å². The molecular weight excluding hydrogens is 749 g/mol. The van der Waals surface area contributed by atoms with E-state index < -0.39 is 0 Å². The van der Waals surface area contributed by atoms with Gasteiger partial charge in [-0.25, -0.2) is 0 Å². The van der Waals surface area contributed by atoms with Crippen molar-refractivity contribution in [3.8, 4) is 39.1 Å². The topological polar surface area (TPSA) is 8.17 Å². The van der Waals surface area contributed by atoms with Gasteiger partial charge in [-0.2, -0.15) is 0 Å². The Hall–Kier alpha value is -7.94. The monoisotopic (exact) mass is 790 g/mol. The van der Waals surface area contributed by atoms with Gasteiger partial charge in [-0.1, -0.05) is 170 Å². The van der Waals surface area contributed by atoms with Crippen LogP contribution in [0.2, 0.25) is 0 Å². The molecule has 1 heterocycles. The summed E-state index contributed by atoms with van der Waals surface area (Å²) >= 11 is 0. The van der Waals surface area contributed by atoms with E-state index in [0.717, 1.165) is 29.9 Å². The zero-order valence-corrected chi connectivity index (χ0v) is 34.2. The first-order chi connectivity index (χ1) is 30.8. The van der Waals surface area contributed by atoms with Gasteiger partial charge < -0.3 is 9.47 Å².